The zero-order valence-electron chi connectivity index (χ0n) is 11.0. The number of alkyl halides is 3. The summed E-state index contributed by atoms with van der Waals surface area (Å²) < 4.78 is 37.9. The van der Waals surface area contributed by atoms with E-state index in [0.29, 0.717) is 19.3 Å². The number of rotatable bonds is 2. The van der Waals surface area contributed by atoms with Crippen LogP contribution in [0, 0.1) is 11.8 Å². The first kappa shape index (κ1) is 15.3. The lowest BCUT2D eigenvalue weighted by molar-refractivity contribution is -0.188. The molecule has 3 N–H and O–H groups in total. The summed E-state index contributed by atoms with van der Waals surface area (Å²) in [6.45, 7) is 4.71. The van der Waals surface area contributed by atoms with Crippen molar-refractivity contribution in [2.24, 2.45) is 17.6 Å². The van der Waals surface area contributed by atoms with Crippen LogP contribution in [0.1, 0.15) is 40.0 Å². The molecular formula is C12H21F3N2O. The average Bonchev–Trinajstić information content (AvgIpc) is 2.23. The smallest absolute Gasteiger partial charge is 0.351 e. The van der Waals surface area contributed by atoms with Gasteiger partial charge in [-0.3, -0.25) is 4.79 Å². The van der Waals surface area contributed by atoms with Gasteiger partial charge in [-0.2, -0.15) is 13.2 Å². The molecule has 0 aromatic carbocycles. The molecule has 1 rings (SSSR count). The minimum atomic E-state index is -4.74. The molecule has 1 amide bonds. The highest BCUT2D eigenvalue weighted by molar-refractivity contribution is 5.86. The van der Waals surface area contributed by atoms with E-state index in [9.17, 15) is 18.0 Å². The normalized spacial score (nSPS) is 32.7. The largest absolute Gasteiger partial charge is 0.415 e. The number of carbonyl (C=O) groups excluding carboxylic acids is 1. The van der Waals surface area contributed by atoms with Gasteiger partial charge in [-0.1, -0.05) is 26.7 Å². The molecular weight excluding hydrogens is 245 g/mol. The summed E-state index contributed by atoms with van der Waals surface area (Å²) in [5.41, 5.74) is 2.27. The number of hydrogen-bond donors (Lipinski definition) is 2. The number of carbonyl (C=O) groups is 1. The molecule has 3 nitrogen and oxygen atoms in total. The maximum absolute atomic E-state index is 12.6. The minimum Gasteiger partial charge on any atom is -0.351 e. The third-order valence-corrected chi connectivity index (χ3v) is 4.08. The fourth-order valence-electron chi connectivity index (χ4n) is 2.23. The van der Waals surface area contributed by atoms with Gasteiger partial charge in [0.2, 0.25) is 5.91 Å². The fourth-order valence-corrected chi connectivity index (χ4v) is 2.23. The first-order chi connectivity index (χ1) is 8.07. The third-order valence-electron chi connectivity index (χ3n) is 4.08. The lowest BCUT2D eigenvalue weighted by Gasteiger charge is -2.37. The van der Waals surface area contributed by atoms with Crippen molar-refractivity contribution in [3.8, 4) is 0 Å². The van der Waals surface area contributed by atoms with Crippen molar-refractivity contribution < 1.29 is 18.0 Å². The molecule has 106 valence electrons. The summed E-state index contributed by atoms with van der Waals surface area (Å²) >= 11 is 0. The Kier molecular flexibility index (Phi) is 4.30. The Balaban J connectivity index is 2.70. The van der Waals surface area contributed by atoms with E-state index in [-0.39, 0.29) is 12.0 Å². The highest BCUT2D eigenvalue weighted by Crippen LogP contribution is 2.32. The van der Waals surface area contributed by atoms with Crippen LogP contribution in [0.25, 0.3) is 0 Å². The predicted octanol–water partition coefficient (Wildman–Crippen LogP) is 2.21. The molecule has 0 aromatic rings. The molecule has 6 heteroatoms. The van der Waals surface area contributed by atoms with Gasteiger partial charge in [0.05, 0.1) is 0 Å². The molecule has 1 fully saturated rings. The van der Waals surface area contributed by atoms with Gasteiger partial charge in [0.15, 0.2) is 5.54 Å². The number of halogens is 3. The van der Waals surface area contributed by atoms with Crippen LogP contribution in [0.4, 0.5) is 13.2 Å². The monoisotopic (exact) mass is 266 g/mol. The maximum Gasteiger partial charge on any atom is 0.415 e. The Labute approximate surface area is 105 Å². The van der Waals surface area contributed by atoms with Crippen molar-refractivity contribution in [3.63, 3.8) is 0 Å². The zero-order chi connectivity index (χ0) is 14.1. The van der Waals surface area contributed by atoms with E-state index < -0.39 is 17.6 Å². The van der Waals surface area contributed by atoms with Crippen molar-refractivity contribution in [1.29, 1.82) is 0 Å². The second-order valence-electron chi connectivity index (χ2n) is 5.55. The summed E-state index contributed by atoms with van der Waals surface area (Å²) in [5, 5.41) is 2.46. The van der Waals surface area contributed by atoms with Crippen molar-refractivity contribution in [3.05, 3.63) is 0 Å². The molecule has 0 aliphatic heterocycles. The first-order valence-corrected chi connectivity index (χ1v) is 6.24. The lowest BCUT2D eigenvalue weighted by atomic mass is 9.78. The van der Waals surface area contributed by atoms with E-state index in [1.54, 1.807) is 0 Å². The van der Waals surface area contributed by atoms with Crippen LogP contribution in [0.5, 0.6) is 0 Å². The summed E-state index contributed by atoms with van der Waals surface area (Å²) in [6, 6.07) is -0.216. The van der Waals surface area contributed by atoms with Gasteiger partial charge in [0.25, 0.3) is 0 Å². The Morgan fingerprint density at radius 3 is 2.33 bits per heavy atom. The van der Waals surface area contributed by atoms with E-state index in [0.717, 1.165) is 12.8 Å². The SMILES string of the molecule is CC1CCCC(NC(=O)C(C)(N)C(F)(F)F)C1C. The fraction of sp³-hybridized carbons (Fsp3) is 0.917. The lowest BCUT2D eigenvalue weighted by Crippen LogP contribution is -2.63. The Hall–Kier alpha value is -0.780. The van der Waals surface area contributed by atoms with E-state index in [4.69, 9.17) is 5.73 Å². The highest BCUT2D eigenvalue weighted by atomic mass is 19.4. The Morgan fingerprint density at radius 2 is 1.83 bits per heavy atom. The van der Waals surface area contributed by atoms with Gasteiger partial charge in [-0.25, -0.2) is 0 Å². The standard InChI is InChI=1S/C12H21F3N2O/c1-7-5-4-6-9(8(7)2)17-10(18)11(3,16)12(13,14)15/h7-9H,4-6,16H2,1-3H3,(H,17,18). The molecule has 1 saturated carbocycles. The second kappa shape index (κ2) is 5.07. The summed E-state index contributed by atoms with van der Waals surface area (Å²) in [5.74, 6) is -0.563. The van der Waals surface area contributed by atoms with Gasteiger partial charge < -0.3 is 11.1 Å². The van der Waals surface area contributed by atoms with Crippen LogP contribution in [-0.4, -0.2) is 23.7 Å². The van der Waals surface area contributed by atoms with Crippen LogP contribution in [0.3, 0.4) is 0 Å². The molecule has 0 radical (unpaired) electrons. The van der Waals surface area contributed by atoms with Crippen LogP contribution < -0.4 is 11.1 Å². The Bertz CT molecular complexity index is 315. The number of hydrogen-bond acceptors (Lipinski definition) is 2. The molecule has 1 aliphatic carbocycles. The maximum atomic E-state index is 12.6. The molecule has 4 unspecified atom stereocenters. The van der Waals surface area contributed by atoms with Crippen molar-refractivity contribution in [2.75, 3.05) is 0 Å². The predicted molar refractivity (Wildman–Crippen MR) is 62.8 cm³/mol. The number of nitrogens with two attached hydrogens (primary N) is 1. The molecule has 4 atom stereocenters. The van der Waals surface area contributed by atoms with Gasteiger partial charge in [-0.15, -0.1) is 0 Å². The molecule has 1 aliphatic rings. The molecule has 0 aromatic heterocycles. The Morgan fingerprint density at radius 1 is 1.28 bits per heavy atom. The topological polar surface area (TPSA) is 55.1 Å². The van der Waals surface area contributed by atoms with E-state index in [2.05, 4.69) is 5.32 Å². The van der Waals surface area contributed by atoms with Gasteiger partial charge in [0, 0.05) is 6.04 Å². The first-order valence-electron chi connectivity index (χ1n) is 6.24. The third kappa shape index (κ3) is 2.96. The summed E-state index contributed by atoms with van der Waals surface area (Å²) in [7, 11) is 0. The molecule has 0 bridgehead atoms. The van der Waals surface area contributed by atoms with Gasteiger partial charge in [-0.05, 0) is 25.2 Å². The molecule has 18 heavy (non-hydrogen) atoms. The van der Waals surface area contributed by atoms with Crippen LogP contribution in [-0.2, 0) is 4.79 Å². The van der Waals surface area contributed by atoms with E-state index in [1.165, 1.54) is 0 Å². The van der Waals surface area contributed by atoms with Gasteiger partial charge in [0.1, 0.15) is 0 Å². The van der Waals surface area contributed by atoms with Crippen molar-refractivity contribution in [1.82, 2.24) is 5.32 Å². The van der Waals surface area contributed by atoms with Gasteiger partial charge >= 0.3 is 6.18 Å². The molecule has 0 spiro atoms. The zero-order valence-corrected chi connectivity index (χ0v) is 11.0. The summed E-state index contributed by atoms with van der Waals surface area (Å²) in [6.07, 6.45) is -2.05. The number of nitrogens with one attached hydrogen (secondary N) is 1. The van der Waals surface area contributed by atoms with Crippen LogP contribution >= 0.6 is 0 Å². The summed E-state index contributed by atoms with van der Waals surface area (Å²) in [4.78, 5) is 11.7. The quantitative estimate of drug-likeness (QED) is 0.805. The molecule has 0 heterocycles. The second-order valence-corrected chi connectivity index (χ2v) is 5.55. The minimum absolute atomic E-state index is 0.173. The van der Waals surface area contributed by atoms with Crippen LogP contribution in [0.2, 0.25) is 0 Å². The average molecular weight is 266 g/mol. The van der Waals surface area contributed by atoms with E-state index in [1.807, 2.05) is 13.8 Å². The van der Waals surface area contributed by atoms with Crippen LogP contribution in [0.15, 0.2) is 0 Å². The van der Waals surface area contributed by atoms with Crippen molar-refractivity contribution in [2.45, 2.75) is 57.8 Å². The van der Waals surface area contributed by atoms with E-state index >= 15 is 0 Å². The van der Waals surface area contributed by atoms with Crippen molar-refractivity contribution >= 4 is 5.91 Å². The highest BCUT2D eigenvalue weighted by Gasteiger charge is 2.54. The number of amides is 1. The molecule has 0 saturated heterocycles.